The minimum atomic E-state index is -0.437. The van der Waals surface area contributed by atoms with E-state index in [0.717, 1.165) is 37.1 Å². The van der Waals surface area contributed by atoms with Crippen LogP contribution in [0.1, 0.15) is 44.7 Å². The molecule has 1 heterocycles. The number of rotatable bonds is 9. The number of hydrogen-bond acceptors (Lipinski definition) is 3. The van der Waals surface area contributed by atoms with Crippen LogP contribution in [-0.4, -0.2) is 42.4 Å². The molecule has 0 bridgehead atoms. The van der Waals surface area contributed by atoms with Crippen LogP contribution >= 0.6 is 0 Å². The Balaban J connectivity index is 1.61. The summed E-state index contributed by atoms with van der Waals surface area (Å²) in [5, 5.41) is 3.10. The molecule has 5 nitrogen and oxygen atoms in total. The molecule has 0 saturated carbocycles. The summed E-state index contributed by atoms with van der Waals surface area (Å²) in [5.74, 6) is -0.0585. The van der Waals surface area contributed by atoms with Gasteiger partial charge in [-0.2, -0.15) is 0 Å². The molecule has 2 atom stereocenters. The van der Waals surface area contributed by atoms with Crippen molar-refractivity contribution in [1.82, 2.24) is 10.2 Å². The summed E-state index contributed by atoms with van der Waals surface area (Å²) in [7, 11) is 0. The lowest BCUT2D eigenvalue weighted by Gasteiger charge is -2.37. The second-order valence-electron chi connectivity index (χ2n) is 8.32. The molecular formula is C26H35N3O2. The number of carbonyl (C=O) groups excluding carboxylic acids is 2. The van der Waals surface area contributed by atoms with Crippen molar-refractivity contribution in [3.63, 3.8) is 0 Å². The van der Waals surface area contributed by atoms with Crippen molar-refractivity contribution in [2.75, 3.05) is 24.5 Å². The van der Waals surface area contributed by atoms with Crippen molar-refractivity contribution in [1.29, 1.82) is 0 Å². The third kappa shape index (κ3) is 5.66. The van der Waals surface area contributed by atoms with Gasteiger partial charge in [-0.3, -0.25) is 9.59 Å². The quantitative estimate of drug-likeness (QED) is 0.622. The third-order valence-corrected chi connectivity index (χ3v) is 6.28. The largest absolute Gasteiger partial charge is 0.372 e. The molecule has 2 amide bonds. The Morgan fingerprint density at radius 1 is 1.06 bits per heavy atom. The molecule has 0 spiro atoms. The van der Waals surface area contributed by atoms with Gasteiger partial charge in [-0.05, 0) is 43.0 Å². The highest BCUT2D eigenvalue weighted by atomic mass is 16.2. The molecule has 166 valence electrons. The number of carbonyl (C=O) groups is 2. The minimum Gasteiger partial charge on any atom is -0.372 e. The molecule has 0 aliphatic carbocycles. The first-order valence-corrected chi connectivity index (χ1v) is 11.5. The van der Waals surface area contributed by atoms with Gasteiger partial charge in [0.1, 0.15) is 6.04 Å². The highest BCUT2D eigenvalue weighted by Gasteiger charge is 2.35. The van der Waals surface area contributed by atoms with Crippen molar-refractivity contribution in [3.8, 4) is 0 Å². The fraction of sp³-hybridized carbons (Fsp3) is 0.462. The fourth-order valence-corrected chi connectivity index (χ4v) is 4.15. The van der Waals surface area contributed by atoms with Gasteiger partial charge in [-0.15, -0.1) is 0 Å². The Morgan fingerprint density at radius 3 is 2.42 bits per heavy atom. The number of para-hydroxylation sites is 1. The molecule has 0 saturated heterocycles. The van der Waals surface area contributed by atoms with Gasteiger partial charge in [-0.1, -0.05) is 56.3 Å². The van der Waals surface area contributed by atoms with Crippen LogP contribution in [0.4, 0.5) is 5.69 Å². The first-order valence-electron chi connectivity index (χ1n) is 11.5. The standard InChI is InChI=1S/C26H35N3O2/c1-4-20(3)26(31)29-19-22-13-10-9-12-21(22)18-24(29)25(30)27-16-11-17-28(5-2)23-14-7-6-8-15-23/h6-10,12-15,20,24H,4-5,11,16-19H2,1-3H3,(H,27,30). The van der Waals surface area contributed by atoms with E-state index in [9.17, 15) is 9.59 Å². The lowest BCUT2D eigenvalue weighted by atomic mass is 9.92. The second kappa shape index (κ2) is 11.0. The Hall–Kier alpha value is -2.82. The molecule has 2 aromatic rings. The minimum absolute atomic E-state index is 0.0473. The van der Waals surface area contributed by atoms with E-state index >= 15 is 0 Å². The Labute approximate surface area is 186 Å². The Bertz CT molecular complexity index is 868. The van der Waals surface area contributed by atoms with Crippen molar-refractivity contribution in [3.05, 3.63) is 65.7 Å². The lowest BCUT2D eigenvalue weighted by Crippen LogP contribution is -2.54. The smallest absolute Gasteiger partial charge is 0.243 e. The van der Waals surface area contributed by atoms with Gasteiger partial charge in [0.15, 0.2) is 0 Å². The van der Waals surface area contributed by atoms with Gasteiger partial charge in [0.25, 0.3) is 0 Å². The summed E-state index contributed by atoms with van der Waals surface area (Å²) < 4.78 is 0. The molecule has 1 aliphatic heterocycles. The summed E-state index contributed by atoms with van der Waals surface area (Å²) in [6.07, 6.45) is 2.21. The van der Waals surface area contributed by atoms with Gasteiger partial charge in [0.05, 0.1) is 0 Å². The Kier molecular flexibility index (Phi) is 8.10. The van der Waals surface area contributed by atoms with E-state index in [1.165, 1.54) is 5.69 Å². The van der Waals surface area contributed by atoms with E-state index in [0.29, 0.717) is 19.5 Å². The molecule has 5 heteroatoms. The Morgan fingerprint density at radius 2 is 1.74 bits per heavy atom. The van der Waals surface area contributed by atoms with Crippen molar-refractivity contribution < 1.29 is 9.59 Å². The first kappa shape index (κ1) is 22.9. The summed E-state index contributed by atoms with van der Waals surface area (Å²) in [6, 6.07) is 18.0. The van der Waals surface area contributed by atoms with Crippen LogP contribution in [0.3, 0.4) is 0 Å². The molecule has 2 aromatic carbocycles. The zero-order valence-electron chi connectivity index (χ0n) is 19.0. The van der Waals surface area contributed by atoms with Crippen molar-refractivity contribution >= 4 is 17.5 Å². The van der Waals surface area contributed by atoms with Crippen LogP contribution in [0.2, 0.25) is 0 Å². The number of anilines is 1. The van der Waals surface area contributed by atoms with E-state index in [2.05, 4.69) is 41.4 Å². The van der Waals surface area contributed by atoms with Crippen LogP contribution in [-0.2, 0) is 22.6 Å². The molecule has 1 aliphatic rings. The molecule has 1 N–H and O–H groups in total. The van der Waals surface area contributed by atoms with Gasteiger partial charge in [0, 0.05) is 44.2 Å². The van der Waals surface area contributed by atoms with Crippen LogP contribution < -0.4 is 10.2 Å². The van der Waals surface area contributed by atoms with E-state index in [-0.39, 0.29) is 17.7 Å². The van der Waals surface area contributed by atoms with Gasteiger partial charge in [0.2, 0.25) is 11.8 Å². The summed E-state index contributed by atoms with van der Waals surface area (Å²) >= 11 is 0. The SMILES string of the molecule is CCC(C)C(=O)N1Cc2ccccc2CC1C(=O)NCCCN(CC)c1ccccc1. The monoisotopic (exact) mass is 421 g/mol. The second-order valence-corrected chi connectivity index (χ2v) is 8.32. The maximum Gasteiger partial charge on any atom is 0.243 e. The topological polar surface area (TPSA) is 52.7 Å². The van der Waals surface area contributed by atoms with Crippen LogP contribution in [0.25, 0.3) is 0 Å². The summed E-state index contributed by atoms with van der Waals surface area (Å²) in [6.45, 7) is 9.02. The molecule has 31 heavy (non-hydrogen) atoms. The number of amides is 2. The molecule has 3 rings (SSSR count). The van der Waals surface area contributed by atoms with Gasteiger partial charge >= 0.3 is 0 Å². The fourth-order valence-electron chi connectivity index (χ4n) is 4.15. The molecule has 0 radical (unpaired) electrons. The van der Waals surface area contributed by atoms with E-state index in [4.69, 9.17) is 0 Å². The maximum absolute atomic E-state index is 13.1. The zero-order valence-corrected chi connectivity index (χ0v) is 19.0. The predicted octanol–water partition coefficient (Wildman–Crippen LogP) is 4.02. The highest BCUT2D eigenvalue weighted by molar-refractivity contribution is 5.89. The third-order valence-electron chi connectivity index (χ3n) is 6.28. The molecule has 0 fully saturated rings. The number of fused-ring (bicyclic) bond motifs is 1. The molecule has 2 unspecified atom stereocenters. The number of nitrogens with one attached hydrogen (secondary N) is 1. The maximum atomic E-state index is 13.1. The van der Waals surface area contributed by atoms with Gasteiger partial charge in [-0.25, -0.2) is 0 Å². The van der Waals surface area contributed by atoms with Crippen LogP contribution in [0, 0.1) is 5.92 Å². The van der Waals surface area contributed by atoms with Crippen LogP contribution in [0.15, 0.2) is 54.6 Å². The highest BCUT2D eigenvalue weighted by Crippen LogP contribution is 2.25. The van der Waals surface area contributed by atoms with Crippen LogP contribution in [0.5, 0.6) is 0 Å². The average Bonchev–Trinajstić information content (AvgIpc) is 2.82. The number of hydrogen-bond donors (Lipinski definition) is 1. The normalized spacial score (nSPS) is 16.4. The van der Waals surface area contributed by atoms with E-state index < -0.39 is 6.04 Å². The summed E-state index contributed by atoms with van der Waals surface area (Å²) in [5.41, 5.74) is 3.51. The number of nitrogens with zero attached hydrogens (tertiary/aromatic N) is 2. The van der Waals surface area contributed by atoms with Gasteiger partial charge < -0.3 is 15.1 Å². The molecule has 0 aromatic heterocycles. The average molecular weight is 422 g/mol. The first-order chi connectivity index (χ1) is 15.0. The number of benzene rings is 2. The van der Waals surface area contributed by atoms with E-state index in [1.807, 2.05) is 44.2 Å². The zero-order chi connectivity index (χ0) is 22.2. The lowest BCUT2D eigenvalue weighted by molar-refractivity contribution is -0.144. The van der Waals surface area contributed by atoms with Crippen molar-refractivity contribution in [2.24, 2.45) is 5.92 Å². The van der Waals surface area contributed by atoms with Crippen molar-refractivity contribution in [2.45, 2.75) is 52.6 Å². The predicted molar refractivity (Wildman–Crippen MR) is 126 cm³/mol. The molecular weight excluding hydrogens is 386 g/mol. The van der Waals surface area contributed by atoms with E-state index in [1.54, 1.807) is 4.90 Å². The summed E-state index contributed by atoms with van der Waals surface area (Å²) in [4.78, 5) is 30.2.